The molecule has 0 amide bonds. The van der Waals surface area contributed by atoms with E-state index in [0.29, 0.717) is 29.7 Å². The highest BCUT2D eigenvalue weighted by molar-refractivity contribution is 9.10. The zero-order valence-corrected chi connectivity index (χ0v) is 12.0. The molecule has 1 aromatic rings. The van der Waals surface area contributed by atoms with E-state index < -0.39 is 0 Å². The van der Waals surface area contributed by atoms with Gasteiger partial charge in [0.1, 0.15) is 0 Å². The van der Waals surface area contributed by atoms with Crippen LogP contribution in [0.5, 0.6) is 5.88 Å². The number of ether oxygens (including phenoxy) is 1. The third kappa shape index (κ3) is 3.01. The van der Waals surface area contributed by atoms with Crippen molar-refractivity contribution in [3.8, 4) is 5.88 Å². The summed E-state index contributed by atoms with van der Waals surface area (Å²) < 4.78 is 5.89. The number of nitrogens with one attached hydrogen (secondary N) is 1. The van der Waals surface area contributed by atoms with E-state index in [1.807, 2.05) is 0 Å². The van der Waals surface area contributed by atoms with Gasteiger partial charge < -0.3 is 10.1 Å². The molecule has 1 aromatic heterocycles. The van der Waals surface area contributed by atoms with Crippen molar-refractivity contribution in [1.82, 2.24) is 9.97 Å². The number of hydrogen-bond donors (Lipinski definition) is 1. The Hall–Kier alpha value is -0.550. The van der Waals surface area contributed by atoms with Crippen molar-refractivity contribution in [1.29, 1.82) is 0 Å². The van der Waals surface area contributed by atoms with E-state index >= 15 is 0 Å². The van der Waals surface area contributed by atoms with Crippen LogP contribution in [0.4, 0.5) is 5.95 Å². The summed E-state index contributed by atoms with van der Waals surface area (Å²) in [5, 5.41) is 3.34. The number of alkyl halides is 1. The average Bonchev–Trinajstić information content (AvgIpc) is 2.79. The van der Waals surface area contributed by atoms with Crippen molar-refractivity contribution in [2.45, 2.75) is 25.3 Å². The highest BCUT2D eigenvalue weighted by atomic mass is 79.9. The first-order valence-electron chi connectivity index (χ1n) is 5.63. The van der Waals surface area contributed by atoms with Crippen LogP contribution in [0.1, 0.15) is 19.3 Å². The van der Waals surface area contributed by atoms with Crippen molar-refractivity contribution >= 4 is 33.5 Å². The fourth-order valence-corrected chi connectivity index (χ4v) is 2.86. The fourth-order valence-electron chi connectivity index (χ4n) is 2.14. The Morgan fingerprint density at radius 3 is 3.12 bits per heavy atom. The van der Waals surface area contributed by atoms with Crippen LogP contribution < -0.4 is 10.1 Å². The van der Waals surface area contributed by atoms with Gasteiger partial charge in [-0.3, -0.25) is 0 Å². The molecule has 17 heavy (non-hydrogen) atoms. The van der Waals surface area contributed by atoms with Crippen molar-refractivity contribution < 1.29 is 4.74 Å². The van der Waals surface area contributed by atoms with Gasteiger partial charge in [-0.05, 0) is 34.7 Å². The lowest BCUT2D eigenvalue weighted by Crippen LogP contribution is -2.26. The quantitative estimate of drug-likeness (QED) is 0.866. The third-order valence-corrected chi connectivity index (χ3v) is 4.02. The smallest absolute Gasteiger partial charge is 0.232 e. The zero-order valence-electron chi connectivity index (χ0n) is 9.62. The number of anilines is 1. The minimum absolute atomic E-state index is 0.374. The zero-order chi connectivity index (χ0) is 12.3. The van der Waals surface area contributed by atoms with Crippen LogP contribution in [0.15, 0.2) is 10.7 Å². The third-order valence-electron chi connectivity index (χ3n) is 3.08. The van der Waals surface area contributed by atoms with E-state index in [-0.39, 0.29) is 0 Å². The van der Waals surface area contributed by atoms with Crippen LogP contribution in [-0.2, 0) is 0 Å². The van der Waals surface area contributed by atoms with Gasteiger partial charge in [0.15, 0.2) is 0 Å². The highest BCUT2D eigenvalue weighted by Crippen LogP contribution is 2.29. The minimum Gasteiger partial charge on any atom is -0.480 e. The van der Waals surface area contributed by atoms with Gasteiger partial charge in [-0.15, -0.1) is 11.6 Å². The molecule has 0 saturated heterocycles. The SMILES string of the molecule is COc1nc(NC2CCCC2CCl)ncc1Br. The van der Waals surface area contributed by atoms with E-state index in [1.54, 1.807) is 13.3 Å². The molecule has 4 nitrogen and oxygen atoms in total. The van der Waals surface area contributed by atoms with Crippen LogP contribution in [0, 0.1) is 5.92 Å². The molecule has 6 heteroatoms. The molecule has 0 radical (unpaired) electrons. The monoisotopic (exact) mass is 319 g/mol. The van der Waals surface area contributed by atoms with Crippen LogP contribution in [0.2, 0.25) is 0 Å². The molecule has 2 unspecified atom stereocenters. The van der Waals surface area contributed by atoms with Crippen LogP contribution in [-0.4, -0.2) is 29.0 Å². The lowest BCUT2D eigenvalue weighted by atomic mass is 10.1. The second kappa shape index (κ2) is 5.87. The maximum absolute atomic E-state index is 5.94. The maximum atomic E-state index is 5.94. The molecule has 1 saturated carbocycles. The van der Waals surface area contributed by atoms with Gasteiger partial charge in [-0.2, -0.15) is 4.98 Å². The minimum atomic E-state index is 0.374. The maximum Gasteiger partial charge on any atom is 0.232 e. The second-order valence-corrected chi connectivity index (χ2v) is 5.31. The summed E-state index contributed by atoms with van der Waals surface area (Å²) in [6.45, 7) is 0. The highest BCUT2D eigenvalue weighted by Gasteiger charge is 2.27. The Kier molecular flexibility index (Phi) is 4.45. The molecule has 2 rings (SSSR count). The van der Waals surface area contributed by atoms with Gasteiger partial charge in [0.2, 0.25) is 11.8 Å². The topological polar surface area (TPSA) is 47.0 Å². The number of hydrogen-bond acceptors (Lipinski definition) is 4. The van der Waals surface area contributed by atoms with E-state index in [4.69, 9.17) is 16.3 Å². The lowest BCUT2D eigenvalue weighted by Gasteiger charge is -2.18. The van der Waals surface area contributed by atoms with E-state index in [1.165, 1.54) is 12.8 Å². The number of methoxy groups -OCH3 is 1. The summed E-state index contributed by atoms with van der Waals surface area (Å²) in [4.78, 5) is 8.52. The van der Waals surface area contributed by atoms with Gasteiger partial charge in [0, 0.05) is 11.9 Å². The van der Waals surface area contributed by atoms with Gasteiger partial charge in [-0.25, -0.2) is 4.98 Å². The fraction of sp³-hybridized carbons (Fsp3) is 0.636. The number of aromatic nitrogens is 2. The Labute approximate surface area is 114 Å². The molecule has 0 bridgehead atoms. The average molecular weight is 321 g/mol. The molecule has 0 aliphatic heterocycles. The molecule has 1 aliphatic carbocycles. The largest absolute Gasteiger partial charge is 0.480 e. The van der Waals surface area contributed by atoms with Crippen molar-refractivity contribution in [3.05, 3.63) is 10.7 Å². The van der Waals surface area contributed by atoms with Crippen LogP contribution >= 0.6 is 27.5 Å². The predicted octanol–water partition coefficient (Wildman–Crippen LogP) is 3.07. The van der Waals surface area contributed by atoms with Crippen molar-refractivity contribution in [2.24, 2.45) is 5.92 Å². The molecular weight excluding hydrogens is 305 g/mol. The molecule has 1 fully saturated rings. The first-order valence-corrected chi connectivity index (χ1v) is 6.96. The summed E-state index contributed by atoms with van der Waals surface area (Å²) in [6.07, 6.45) is 5.20. The molecule has 94 valence electrons. The van der Waals surface area contributed by atoms with E-state index in [9.17, 15) is 0 Å². The summed E-state index contributed by atoms with van der Waals surface area (Å²) in [5.41, 5.74) is 0. The van der Waals surface area contributed by atoms with Gasteiger partial charge in [0.25, 0.3) is 0 Å². The molecule has 1 aliphatic rings. The molecule has 1 N–H and O–H groups in total. The van der Waals surface area contributed by atoms with Crippen molar-refractivity contribution in [3.63, 3.8) is 0 Å². The van der Waals surface area contributed by atoms with E-state index in [2.05, 4.69) is 31.2 Å². The summed E-state index contributed by atoms with van der Waals surface area (Å²) in [7, 11) is 1.59. The van der Waals surface area contributed by atoms with Gasteiger partial charge in [-0.1, -0.05) is 6.42 Å². The predicted molar refractivity (Wildman–Crippen MR) is 71.8 cm³/mol. The van der Waals surface area contributed by atoms with Gasteiger partial charge in [0.05, 0.1) is 17.8 Å². The summed E-state index contributed by atoms with van der Waals surface area (Å²) >= 11 is 9.27. The molecule has 1 heterocycles. The molecule has 0 spiro atoms. The van der Waals surface area contributed by atoms with Crippen molar-refractivity contribution in [2.75, 3.05) is 18.3 Å². The normalized spacial score (nSPS) is 23.7. The van der Waals surface area contributed by atoms with Crippen LogP contribution in [0.25, 0.3) is 0 Å². The number of nitrogens with zero attached hydrogens (tertiary/aromatic N) is 2. The number of halogens is 2. The first kappa shape index (κ1) is 12.9. The Balaban J connectivity index is 2.08. The summed E-state index contributed by atoms with van der Waals surface area (Å²) in [5.74, 6) is 2.34. The second-order valence-electron chi connectivity index (χ2n) is 4.15. The van der Waals surface area contributed by atoms with Crippen LogP contribution in [0.3, 0.4) is 0 Å². The lowest BCUT2D eigenvalue weighted by molar-refractivity contribution is 0.394. The molecule has 0 aromatic carbocycles. The molecule has 2 atom stereocenters. The summed E-state index contributed by atoms with van der Waals surface area (Å²) in [6, 6.07) is 0.374. The number of rotatable bonds is 4. The Morgan fingerprint density at radius 1 is 1.59 bits per heavy atom. The van der Waals surface area contributed by atoms with Gasteiger partial charge >= 0.3 is 0 Å². The Morgan fingerprint density at radius 2 is 2.41 bits per heavy atom. The Bertz CT molecular complexity index is 391. The standard InChI is InChI=1S/C11H15BrClN3O/c1-17-10-8(12)6-14-11(16-10)15-9-4-2-3-7(9)5-13/h6-7,9H,2-5H2,1H3,(H,14,15,16). The van der Waals surface area contributed by atoms with E-state index in [0.717, 1.165) is 10.9 Å². The molecular formula is C11H15BrClN3O. The first-order chi connectivity index (χ1) is 8.24.